The summed E-state index contributed by atoms with van der Waals surface area (Å²) in [5.41, 5.74) is 10.6. The third kappa shape index (κ3) is 7.92. The van der Waals surface area contributed by atoms with Gasteiger partial charge in [-0.2, -0.15) is 0 Å². The molecule has 2 aromatic heterocycles. The molecule has 47 heavy (non-hydrogen) atoms. The van der Waals surface area contributed by atoms with Crippen LogP contribution >= 0.6 is 22.7 Å². The molecule has 0 aliphatic rings. The van der Waals surface area contributed by atoms with E-state index in [2.05, 4.69) is 10.6 Å². The quantitative estimate of drug-likeness (QED) is 0.0828. The highest BCUT2D eigenvalue weighted by Gasteiger charge is 2.22. The maximum absolute atomic E-state index is 12.3. The van der Waals surface area contributed by atoms with E-state index in [0.29, 0.717) is 26.8 Å². The summed E-state index contributed by atoms with van der Waals surface area (Å²) < 4.78 is 0. The summed E-state index contributed by atoms with van der Waals surface area (Å²) >= 11 is 2.58. The number of nitrogens with zero attached hydrogens (tertiary/aromatic N) is 2. The highest BCUT2D eigenvalue weighted by atomic mass is 32.1. The predicted molar refractivity (Wildman–Crippen MR) is 186 cm³/mol. The van der Waals surface area contributed by atoms with Crippen LogP contribution in [0.3, 0.4) is 0 Å². The first-order chi connectivity index (χ1) is 22.3. The number of carbonyl (C=O) groups is 3. The van der Waals surface area contributed by atoms with E-state index in [1.807, 2.05) is 13.0 Å². The number of non-ortho nitro benzene ring substituents is 2. The van der Waals surface area contributed by atoms with Gasteiger partial charge in [0.15, 0.2) is 11.6 Å². The lowest BCUT2D eigenvalue weighted by Crippen LogP contribution is -2.19. The number of nitrogen functional groups attached to an aromatic ring is 1. The Morgan fingerprint density at radius 3 is 1.53 bits per heavy atom. The third-order valence-corrected chi connectivity index (χ3v) is 9.39. The van der Waals surface area contributed by atoms with Crippen LogP contribution in [0.25, 0.3) is 20.9 Å². The van der Waals surface area contributed by atoms with E-state index in [1.54, 1.807) is 55.5 Å². The van der Waals surface area contributed by atoms with Gasteiger partial charge in [-0.15, -0.1) is 22.7 Å². The molecule has 0 saturated carbocycles. The zero-order valence-corrected chi connectivity index (χ0v) is 27.3. The van der Waals surface area contributed by atoms with Crippen molar-refractivity contribution in [1.82, 2.24) is 0 Å². The lowest BCUT2D eigenvalue weighted by molar-refractivity contribution is -0.385. The minimum absolute atomic E-state index is 0.00895. The molecule has 0 spiro atoms. The molecule has 2 amide bonds. The number of hydrogen-bond donors (Lipinski definition) is 3. The van der Waals surface area contributed by atoms with Crippen molar-refractivity contribution in [3.63, 3.8) is 0 Å². The lowest BCUT2D eigenvalue weighted by Gasteiger charge is -2.07. The number of para-hydroxylation sites is 1. The largest absolute Gasteiger partial charge is 0.390 e. The van der Waals surface area contributed by atoms with Gasteiger partial charge in [0.2, 0.25) is 0 Å². The summed E-state index contributed by atoms with van der Waals surface area (Å²) in [7, 11) is 0. The van der Waals surface area contributed by atoms with E-state index in [1.165, 1.54) is 60.8 Å². The van der Waals surface area contributed by atoms with Gasteiger partial charge in [0.25, 0.3) is 11.4 Å². The molecule has 3 aromatic carbocycles. The Morgan fingerprint density at radius 1 is 0.660 bits per heavy atom. The maximum atomic E-state index is 12.3. The van der Waals surface area contributed by atoms with Crippen LogP contribution in [0.4, 0.5) is 31.9 Å². The highest BCUT2D eigenvalue weighted by molar-refractivity contribution is 7.20. The normalized spacial score (nSPS) is 10.4. The van der Waals surface area contributed by atoms with Crippen LogP contribution in [0.2, 0.25) is 0 Å². The number of hydrogen-bond acceptors (Lipinski definition) is 10. The van der Waals surface area contributed by atoms with E-state index < -0.39 is 15.9 Å². The first kappa shape index (κ1) is 34.1. The smallest absolute Gasteiger partial charge is 0.324 e. The number of nitrogens with one attached hydrogen (secondary N) is 2. The number of nitro groups is 2. The lowest BCUT2D eigenvalue weighted by atomic mass is 10.0. The number of thiophene rings is 2. The number of nitrogens with two attached hydrogens (primary N) is 1. The number of amides is 2. The topological polar surface area (TPSA) is 188 Å². The molecule has 240 valence electrons. The number of nitro benzene ring substituents is 2. The van der Waals surface area contributed by atoms with Crippen LogP contribution in [-0.4, -0.2) is 27.4 Å². The maximum Gasteiger partial charge on any atom is 0.324 e. The molecular formula is C33H29N5O7S2. The molecule has 0 radical (unpaired) electrons. The molecular weight excluding hydrogens is 643 g/mol. The Balaban J connectivity index is 0.000000229. The Morgan fingerprint density at radius 2 is 1.11 bits per heavy atom. The fraction of sp³-hybridized carbons (Fsp3) is 0.121. The van der Waals surface area contributed by atoms with Crippen LogP contribution in [0.5, 0.6) is 0 Å². The van der Waals surface area contributed by atoms with Crippen LogP contribution in [-0.2, 0) is 0 Å². The summed E-state index contributed by atoms with van der Waals surface area (Å²) in [5.74, 6) is -0.240. The molecule has 0 aliphatic heterocycles. The van der Waals surface area contributed by atoms with Crippen molar-refractivity contribution in [1.29, 1.82) is 0 Å². The van der Waals surface area contributed by atoms with Gasteiger partial charge in [-0.3, -0.25) is 35.1 Å². The fourth-order valence-corrected chi connectivity index (χ4v) is 7.19. The Hall–Kier alpha value is -5.73. The Bertz CT molecular complexity index is 1980. The molecule has 0 saturated heterocycles. The van der Waals surface area contributed by atoms with Gasteiger partial charge < -0.3 is 11.1 Å². The number of benzene rings is 3. The average Bonchev–Trinajstić information content (AvgIpc) is 3.52. The van der Waals surface area contributed by atoms with Gasteiger partial charge in [-0.05, 0) is 86.3 Å². The van der Waals surface area contributed by atoms with Gasteiger partial charge in [0.05, 0.1) is 26.0 Å². The van der Waals surface area contributed by atoms with E-state index in [0.717, 1.165) is 32.0 Å². The van der Waals surface area contributed by atoms with Gasteiger partial charge in [0.1, 0.15) is 5.00 Å². The second-order valence-electron chi connectivity index (χ2n) is 10.2. The van der Waals surface area contributed by atoms with Crippen molar-refractivity contribution < 1.29 is 24.2 Å². The van der Waals surface area contributed by atoms with E-state index in [9.17, 15) is 34.6 Å². The number of urea groups is 1. The summed E-state index contributed by atoms with van der Waals surface area (Å²) in [5, 5.41) is 27.8. The summed E-state index contributed by atoms with van der Waals surface area (Å²) in [4.78, 5) is 58.2. The first-order valence-electron chi connectivity index (χ1n) is 13.9. The standard InChI is InChI=1S/C20H17N3O4S.C13H12N2O3S/c1-12-17(13(2)24)19(22-20(25)21-15-6-4-3-5-7-15)28-18(12)14-8-10-16(11-9-14)23(26)27;1-7-11(8(2)16)13(14)19-12(7)9-3-5-10(6-4-9)15(17)18/h3-11H,1-2H3,(H2,21,22,25);3-6H,14H2,1-2H3. The third-order valence-electron chi connectivity index (χ3n) is 6.96. The molecule has 12 nitrogen and oxygen atoms in total. The average molecular weight is 672 g/mol. The summed E-state index contributed by atoms with van der Waals surface area (Å²) in [6.45, 7) is 6.55. The molecule has 0 fully saturated rings. The molecule has 0 aliphatic carbocycles. The van der Waals surface area contributed by atoms with Gasteiger partial charge in [-0.25, -0.2) is 4.79 Å². The number of Topliss-reactive ketones (excluding diaryl/α,β-unsaturated/α-hetero) is 2. The minimum Gasteiger partial charge on any atom is -0.390 e. The van der Waals surface area contributed by atoms with E-state index in [-0.39, 0.29) is 22.9 Å². The van der Waals surface area contributed by atoms with Crippen molar-refractivity contribution in [3.05, 3.63) is 121 Å². The summed E-state index contributed by atoms with van der Waals surface area (Å²) in [6.07, 6.45) is 0. The number of carbonyl (C=O) groups excluding carboxylic acids is 3. The van der Waals surface area contributed by atoms with Crippen molar-refractivity contribution in [3.8, 4) is 20.9 Å². The van der Waals surface area contributed by atoms with Crippen molar-refractivity contribution in [2.75, 3.05) is 16.4 Å². The number of ketones is 2. The minimum atomic E-state index is -0.465. The molecule has 5 aromatic rings. The zero-order chi connectivity index (χ0) is 34.4. The molecule has 4 N–H and O–H groups in total. The second-order valence-corrected chi connectivity index (χ2v) is 12.3. The summed E-state index contributed by atoms with van der Waals surface area (Å²) in [6, 6.07) is 20.8. The number of rotatable bonds is 8. The van der Waals surface area contributed by atoms with Gasteiger partial charge in [0, 0.05) is 39.7 Å². The van der Waals surface area contributed by atoms with Gasteiger partial charge >= 0.3 is 6.03 Å². The van der Waals surface area contributed by atoms with Crippen LogP contribution in [0, 0.1) is 34.1 Å². The fourth-order valence-electron chi connectivity index (χ4n) is 4.81. The predicted octanol–water partition coefficient (Wildman–Crippen LogP) is 8.89. The molecule has 0 atom stereocenters. The zero-order valence-electron chi connectivity index (χ0n) is 25.7. The van der Waals surface area contributed by atoms with Crippen molar-refractivity contribution in [2.45, 2.75) is 27.7 Å². The molecule has 14 heteroatoms. The Kier molecular flexibility index (Phi) is 10.6. The first-order valence-corrected chi connectivity index (χ1v) is 15.6. The van der Waals surface area contributed by atoms with Gasteiger partial charge in [-0.1, -0.05) is 18.2 Å². The highest BCUT2D eigenvalue weighted by Crippen LogP contribution is 2.41. The number of anilines is 3. The van der Waals surface area contributed by atoms with Crippen LogP contribution in [0.15, 0.2) is 78.9 Å². The van der Waals surface area contributed by atoms with Crippen molar-refractivity contribution in [2.24, 2.45) is 0 Å². The monoisotopic (exact) mass is 671 g/mol. The van der Waals surface area contributed by atoms with Crippen LogP contribution < -0.4 is 16.4 Å². The van der Waals surface area contributed by atoms with Crippen molar-refractivity contribution >= 4 is 67.3 Å². The second kappa shape index (κ2) is 14.6. The SMILES string of the molecule is CC(=O)c1c(N)sc(-c2ccc([N+](=O)[O-])cc2)c1C.CC(=O)c1c(NC(=O)Nc2ccccc2)sc(-c2ccc([N+](=O)[O-])cc2)c1C. The molecule has 0 unspecified atom stereocenters. The molecule has 0 bridgehead atoms. The molecule has 5 rings (SSSR count). The van der Waals surface area contributed by atoms with Crippen LogP contribution in [0.1, 0.15) is 45.7 Å². The van der Waals surface area contributed by atoms with E-state index >= 15 is 0 Å². The Labute approximate surface area is 277 Å². The molecule has 2 heterocycles. The van der Waals surface area contributed by atoms with E-state index in [4.69, 9.17) is 5.73 Å².